The van der Waals surface area contributed by atoms with Crippen molar-refractivity contribution >= 4 is 10.4 Å². The van der Waals surface area contributed by atoms with Crippen molar-refractivity contribution in [3.8, 4) is 0 Å². The third-order valence-corrected chi connectivity index (χ3v) is 1.80. The topological polar surface area (TPSA) is 75.2 Å². The average Bonchev–Trinajstić information content (AvgIpc) is 2.51. The molecular weight excluding hydrogens is 208 g/mol. The van der Waals surface area contributed by atoms with E-state index >= 15 is 0 Å². The fourth-order valence-corrected chi connectivity index (χ4v) is 0.689. The lowest BCUT2D eigenvalue weighted by Gasteiger charge is -1.98. The van der Waals surface area contributed by atoms with Crippen molar-refractivity contribution in [2.45, 2.75) is 13.5 Å². The van der Waals surface area contributed by atoms with E-state index in [4.69, 9.17) is 0 Å². The maximum atomic E-state index is 9.22. The first-order valence-corrected chi connectivity index (χ1v) is 5.24. The van der Waals surface area contributed by atoms with E-state index in [2.05, 4.69) is 28.2 Å². The molecule has 0 aliphatic carbocycles. The molecule has 0 bridgehead atoms. The Morgan fingerprint density at radius 1 is 1.57 bits per heavy atom. The van der Waals surface area contributed by atoms with Crippen LogP contribution in [0.5, 0.6) is 0 Å². The summed E-state index contributed by atoms with van der Waals surface area (Å²) in [5, 5.41) is 0. The summed E-state index contributed by atoms with van der Waals surface area (Å²) in [6, 6.07) is 0. The van der Waals surface area contributed by atoms with Crippen LogP contribution in [0.4, 0.5) is 0 Å². The van der Waals surface area contributed by atoms with E-state index in [0.717, 1.165) is 13.7 Å². The molecule has 0 saturated carbocycles. The molecule has 0 fully saturated rings. The molecule has 6 nitrogen and oxygen atoms in total. The highest BCUT2D eigenvalue weighted by Crippen LogP contribution is 1.79. The molecule has 1 aromatic rings. The number of hydrogen-bond acceptors (Lipinski definition) is 4. The first kappa shape index (κ1) is 13.1. The minimum Gasteiger partial charge on any atom is -0.726 e. The molecular formula is C7H14N2O4S. The zero-order valence-corrected chi connectivity index (χ0v) is 9.19. The summed E-state index contributed by atoms with van der Waals surface area (Å²) in [7, 11) is -1.58. The van der Waals surface area contributed by atoms with Crippen molar-refractivity contribution in [1.29, 1.82) is 0 Å². The second-order valence-electron chi connectivity index (χ2n) is 2.48. The Morgan fingerprint density at radius 3 is 2.21 bits per heavy atom. The molecule has 0 aliphatic rings. The summed E-state index contributed by atoms with van der Waals surface area (Å²) in [4.78, 5) is 0. The van der Waals surface area contributed by atoms with Crippen molar-refractivity contribution in [1.82, 2.24) is 4.57 Å². The minimum atomic E-state index is -4.41. The maximum Gasteiger partial charge on any atom is 0.243 e. The van der Waals surface area contributed by atoms with Crippen LogP contribution in [0.25, 0.3) is 0 Å². The van der Waals surface area contributed by atoms with Crippen LogP contribution in [0.2, 0.25) is 0 Å². The fourth-order valence-electron chi connectivity index (χ4n) is 0.689. The van der Waals surface area contributed by atoms with Gasteiger partial charge in [-0.25, -0.2) is 17.6 Å². The third-order valence-electron chi connectivity index (χ3n) is 1.39. The van der Waals surface area contributed by atoms with Crippen LogP contribution in [0.1, 0.15) is 6.92 Å². The summed E-state index contributed by atoms with van der Waals surface area (Å²) in [5.41, 5.74) is 0. The molecule has 0 amide bonds. The largest absolute Gasteiger partial charge is 0.726 e. The Bertz CT molecular complexity index is 358. The van der Waals surface area contributed by atoms with Gasteiger partial charge in [-0.2, -0.15) is 0 Å². The van der Waals surface area contributed by atoms with Gasteiger partial charge in [-0.3, -0.25) is 4.18 Å². The number of nitrogens with zero attached hydrogens (tertiary/aromatic N) is 2. The van der Waals surface area contributed by atoms with Gasteiger partial charge in [-0.15, -0.1) is 0 Å². The Morgan fingerprint density at radius 2 is 2.07 bits per heavy atom. The highest BCUT2D eigenvalue weighted by Gasteiger charge is 1.92. The van der Waals surface area contributed by atoms with E-state index in [-0.39, 0.29) is 0 Å². The van der Waals surface area contributed by atoms with E-state index in [1.807, 2.05) is 17.8 Å². The molecule has 1 heterocycles. The van der Waals surface area contributed by atoms with Crippen molar-refractivity contribution < 1.29 is 21.7 Å². The van der Waals surface area contributed by atoms with Crippen LogP contribution >= 0.6 is 0 Å². The monoisotopic (exact) mass is 222 g/mol. The second kappa shape index (κ2) is 5.74. The summed E-state index contributed by atoms with van der Waals surface area (Å²) >= 11 is 0. The van der Waals surface area contributed by atoms with E-state index in [9.17, 15) is 13.0 Å². The van der Waals surface area contributed by atoms with Crippen LogP contribution in [0.3, 0.4) is 0 Å². The normalized spacial score (nSPS) is 10.6. The lowest BCUT2D eigenvalue weighted by Crippen LogP contribution is -2.23. The zero-order valence-electron chi connectivity index (χ0n) is 8.37. The Hall–Kier alpha value is -0.920. The quantitative estimate of drug-likeness (QED) is 0.381. The highest BCUT2D eigenvalue weighted by molar-refractivity contribution is 7.80. The molecule has 14 heavy (non-hydrogen) atoms. The number of aryl methyl sites for hydroxylation is 2. The maximum absolute atomic E-state index is 9.22. The zero-order chi connectivity index (χ0) is 11.2. The van der Waals surface area contributed by atoms with Gasteiger partial charge in [0.1, 0.15) is 12.4 Å². The van der Waals surface area contributed by atoms with Crippen LogP contribution in [-0.2, 0) is 28.2 Å². The predicted molar refractivity (Wildman–Crippen MR) is 48.0 cm³/mol. The molecule has 0 aromatic carbocycles. The number of hydrogen-bond donors (Lipinski definition) is 0. The van der Waals surface area contributed by atoms with E-state index < -0.39 is 10.4 Å². The van der Waals surface area contributed by atoms with Crippen LogP contribution in [0.15, 0.2) is 18.7 Å². The van der Waals surface area contributed by atoms with Gasteiger partial charge in [-0.1, -0.05) is 0 Å². The fraction of sp³-hybridized carbons (Fsp3) is 0.571. The van der Waals surface area contributed by atoms with Gasteiger partial charge in [0.25, 0.3) is 0 Å². The van der Waals surface area contributed by atoms with Gasteiger partial charge >= 0.3 is 0 Å². The Balaban J connectivity index is 0.000000255. The van der Waals surface area contributed by atoms with Crippen LogP contribution in [-0.4, -0.2) is 24.6 Å². The Labute approximate surface area is 83.7 Å². The number of imidazole rings is 1. The van der Waals surface area contributed by atoms with Gasteiger partial charge in [0.15, 0.2) is 0 Å². The smallest absolute Gasteiger partial charge is 0.243 e. The number of aromatic nitrogens is 2. The highest BCUT2D eigenvalue weighted by atomic mass is 32.3. The molecule has 0 saturated heterocycles. The van der Waals surface area contributed by atoms with Crippen LogP contribution < -0.4 is 4.57 Å². The average molecular weight is 222 g/mol. The molecule has 82 valence electrons. The first-order chi connectivity index (χ1) is 6.39. The van der Waals surface area contributed by atoms with Crippen molar-refractivity contribution in [2.24, 2.45) is 7.05 Å². The lowest BCUT2D eigenvalue weighted by atomic mass is 10.7. The molecule has 7 heteroatoms. The van der Waals surface area contributed by atoms with Crippen molar-refractivity contribution in [3.63, 3.8) is 0 Å². The van der Waals surface area contributed by atoms with Gasteiger partial charge < -0.3 is 4.55 Å². The SMILES string of the molecule is CCn1cc[n+](C)c1.COS(=O)(=O)[O-]. The van der Waals surface area contributed by atoms with Gasteiger partial charge in [-0.05, 0) is 6.92 Å². The molecule has 0 N–H and O–H groups in total. The summed E-state index contributed by atoms with van der Waals surface area (Å²) in [5.74, 6) is 0. The lowest BCUT2D eigenvalue weighted by molar-refractivity contribution is -0.671. The van der Waals surface area contributed by atoms with E-state index in [1.165, 1.54) is 0 Å². The molecule has 1 rings (SSSR count). The first-order valence-electron chi connectivity index (χ1n) is 3.91. The van der Waals surface area contributed by atoms with Crippen LogP contribution in [0, 0.1) is 0 Å². The molecule has 0 radical (unpaired) electrons. The summed E-state index contributed by atoms with van der Waals surface area (Å²) < 4.78 is 35.2. The Kier molecular flexibility index (Phi) is 5.36. The summed E-state index contributed by atoms with van der Waals surface area (Å²) in [6.45, 7) is 3.18. The van der Waals surface area contributed by atoms with E-state index in [0.29, 0.717) is 0 Å². The van der Waals surface area contributed by atoms with Gasteiger partial charge in [0.2, 0.25) is 16.7 Å². The van der Waals surface area contributed by atoms with Crippen molar-refractivity contribution in [2.75, 3.05) is 7.11 Å². The standard InChI is InChI=1S/C6H11N2.CH4O4S/c1-3-8-5-4-7(2)6-8;1-5-6(2,3)4/h4-6H,3H2,1-2H3;1H3,(H,2,3,4)/q+1;/p-1. The van der Waals surface area contributed by atoms with Gasteiger partial charge in [0.05, 0.1) is 20.7 Å². The van der Waals surface area contributed by atoms with E-state index in [1.54, 1.807) is 0 Å². The molecule has 0 aliphatic heterocycles. The molecule has 0 atom stereocenters. The summed E-state index contributed by atoms with van der Waals surface area (Å²) in [6.07, 6.45) is 6.14. The third kappa shape index (κ3) is 6.58. The second-order valence-corrected chi connectivity index (χ2v) is 3.63. The minimum absolute atomic E-state index is 0.808. The van der Waals surface area contributed by atoms with Gasteiger partial charge in [0, 0.05) is 0 Å². The number of rotatable bonds is 2. The predicted octanol–water partition coefficient (Wildman–Crippen LogP) is -0.574. The van der Waals surface area contributed by atoms with Crippen molar-refractivity contribution in [3.05, 3.63) is 18.7 Å². The molecule has 0 unspecified atom stereocenters. The molecule has 0 spiro atoms. The molecule has 1 aromatic heterocycles.